The van der Waals surface area contributed by atoms with Crippen molar-refractivity contribution in [3.05, 3.63) is 0 Å². The maximum Gasteiger partial charge on any atom is 0.0974 e. The second kappa shape index (κ2) is 5.45. The molecule has 3 aliphatic rings. The molecule has 1 saturated carbocycles. The maximum absolute atomic E-state index is 3.64. The van der Waals surface area contributed by atoms with Gasteiger partial charge in [0.15, 0.2) is 0 Å². The summed E-state index contributed by atoms with van der Waals surface area (Å²) in [6.07, 6.45) is 8.35. The first-order chi connectivity index (χ1) is 8.78. The highest BCUT2D eigenvalue weighted by Gasteiger charge is 2.50. The van der Waals surface area contributed by atoms with Gasteiger partial charge in [-0.05, 0) is 32.9 Å². The van der Waals surface area contributed by atoms with Crippen LogP contribution < -0.4 is 5.43 Å². The zero-order valence-corrected chi connectivity index (χ0v) is 11.8. The fraction of sp³-hybridized carbons (Fsp3) is 1.00. The Hall–Kier alpha value is -0.160. The molecule has 1 unspecified atom stereocenters. The first kappa shape index (κ1) is 12.9. The summed E-state index contributed by atoms with van der Waals surface area (Å²) in [4.78, 5) is 5.05. The van der Waals surface area contributed by atoms with Gasteiger partial charge in [0, 0.05) is 32.7 Å². The van der Waals surface area contributed by atoms with E-state index in [-0.39, 0.29) is 0 Å². The summed E-state index contributed by atoms with van der Waals surface area (Å²) in [5.74, 6) is 0. The van der Waals surface area contributed by atoms with Gasteiger partial charge in [-0.2, -0.15) is 0 Å². The van der Waals surface area contributed by atoms with Crippen LogP contribution in [0.2, 0.25) is 0 Å². The predicted molar refractivity (Wildman–Crippen MR) is 74.2 cm³/mol. The van der Waals surface area contributed by atoms with Crippen LogP contribution in [0.15, 0.2) is 0 Å². The molecule has 0 radical (unpaired) electrons. The molecule has 4 heteroatoms. The monoisotopic (exact) mass is 252 g/mol. The molecule has 1 spiro atoms. The lowest BCUT2D eigenvalue weighted by atomic mass is 9.92. The van der Waals surface area contributed by atoms with Gasteiger partial charge >= 0.3 is 0 Å². The molecule has 2 aliphatic heterocycles. The molecule has 3 fully saturated rings. The lowest BCUT2D eigenvalue weighted by molar-refractivity contribution is 0.149. The van der Waals surface area contributed by atoms with Crippen molar-refractivity contribution in [2.45, 2.75) is 44.2 Å². The molecule has 104 valence electrons. The van der Waals surface area contributed by atoms with E-state index in [2.05, 4.69) is 27.3 Å². The molecule has 0 aromatic carbocycles. The number of nitrogens with one attached hydrogen (secondary N) is 1. The minimum absolute atomic E-state index is 0.445. The zero-order valence-electron chi connectivity index (χ0n) is 11.8. The van der Waals surface area contributed by atoms with Crippen molar-refractivity contribution in [2.75, 3.05) is 46.3 Å². The number of rotatable bonds is 4. The number of piperazine rings is 1. The molecule has 4 nitrogen and oxygen atoms in total. The fourth-order valence-corrected chi connectivity index (χ4v) is 3.54. The van der Waals surface area contributed by atoms with Gasteiger partial charge in [0.25, 0.3) is 0 Å². The van der Waals surface area contributed by atoms with Crippen molar-refractivity contribution in [2.24, 2.45) is 0 Å². The minimum atomic E-state index is 0.445. The highest BCUT2D eigenvalue weighted by molar-refractivity contribution is 4.99. The average molecular weight is 252 g/mol. The molecule has 0 aromatic rings. The van der Waals surface area contributed by atoms with Crippen molar-refractivity contribution in [1.82, 2.24) is 20.2 Å². The van der Waals surface area contributed by atoms with Gasteiger partial charge in [0.1, 0.15) is 0 Å². The van der Waals surface area contributed by atoms with E-state index in [0.717, 1.165) is 0 Å². The van der Waals surface area contributed by atoms with E-state index >= 15 is 0 Å². The summed E-state index contributed by atoms with van der Waals surface area (Å²) in [5, 5.41) is 2.52. The Morgan fingerprint density at radius 2 is 1.67 bits per heavy atom. The first-order valence-electron chi connectivity index (χ1n) is 7.75. The van der Waals surface area contributed by atoms with E-state index in [0.29, 0.717) is 5.66 Å². The van der Waals surface area contributed by atoms with Crippen molar-refractivity contribution >= 4 is 0 Å². The molecular weight excluding hydrogens is 224 g/mol. The second-order valence-corrected chi connectivity index (χ2v) is 6.35. The van der Waals surface area contributed by atoms with Gasteiger partial charge in [-0.1, -0.05) is 19.3 Å². The third-order valence-corrected chi connectivity index (χ3v) is 4.94. The summed E-state index contributed by atoms with van der Waals surface area (Å²) in [6, 6.07) is 0. The third kappa shape index (κ3) is 2.87. The van der Waals surface area contributed by atoms with Crippen molar-refractivity contribution in [3.8, 4) is 0 Å². The molecule has 0 bridgehead atoms. The summed E-state index contributed by atoms with van der Waals surface area (Å²) < 4.78 is 0. The van der Waals surface area contributed by atoms with Crippen LogP contribution in [0.3, 0.4) is 0 Å². The SMILES string of the molecule is CN1CCN(CCCN2NC23CCCCC3)CC1. The van der Waals surface area contributed by atoms with Crippen LogP contribution in [-0.2, 0) is 0 Å². The van der Waals surface area contributed by atoms with Gasteiger partial charge in [-0.3, -0.25) is 0 Å². The Morgan fingerprint density at radius 1 is 0.944 bits per heavy atom. The Kier molecular flexibility index (Phi) is 3.89. The Bertz CT molecular complexity index is 267. The average Bonchev–Trinajstić information content (AvgIpc) is 3.05. The normalized spacial score (nSPS) is 32.8. The highest BCUT2D eigenvalue weighted by Crippen LogP contribution is 2.39. The van der Waals surface area contributed by atoms with Crippen LogP contribution in [0.4, 0.5) is 0 Å². The van der Waals surface area contributed by atoms with Gasteiger partial charge in [0.05, 0.1) is 5.66 Å². The van der Waals surface area contributed by atoms with Gasteiger partial charge in [-0.25, -0.2) is 10.4 Å². The smallest absolute Gasteiger partial charge is 0.0974 e. The molecule has 0 aromatic heterocycles. The summed E-state index contributed by atoms with van der Waals surface area (Å²) in [6.45, 7) is 7.52. The van der Waals surface area contributed by atoms with Crippen LogP contribution in [0, 0.1) is 0 Å². The quantitative estimate of drug-likeness (QED) is 0.759. The first-order valence-corrected chi connectivity index (χ1v) is 7.75. The Morgan fingerprint density at radius 3 is 2.39 bits per heavy atom. The Balaban J connectivity index is 1.31. The van der Waals surface area contributed by atoms with E-state index in [1.54, 1.807) is 0 Å². The van der Waals surface area contributed by atoms with Crippen LogP contribution in [-0.4, -0.2) is 66.8 Å². The molecule has 1 aliphatic carbocycles. The van der Waals surface area contributed by atoms with Gasteiger partial charge < -0.3 is 9.80 Å². The van der Waals surface area contributed by atoms with Gasteiger partial charge in [-0.15, -0.1) is 0 Å². The molecular formula is C14H28N4. The molecule has 1 atom stereocenters. The maximum atomic E-state index is 3.64. The van der Waals surface area contributed by atoms with E-state index in [1.165, 1.54) is 77.8 Å². The lowest BCUT2D eigenvalue weighted by Gasteiger charge is -2.32. The van der Waals surface area contributed by atoms with Crippen molar-refractivity contribution < 1.29 is 0 Å². The molecule has 1 N–H and O–H groups in total. The number of nitrogens with zero attached hydrogens (tertiary/aromatic N) is 3. The van der Waals surface area contributed by atoms with Crippen molar-refractivity contribution in [1.29, 1.82) is 0 Å². The van der Waals surface area contributed by atoms with E-state index in [1.807, 2.05) is 0 Å². The summed E-state index contributed by atoms with van der Waals surface area (Å²) in [5.41, 5.74) is 4.08. The number of hydrazine groups is 1. The largest absolute Gasteiger partial charge is 0.304 e. The van der Waals surface area contributed by atoms with Gasteiger partial charge in [0.2, 0.25) is 0 Å². The fourth-order valence-electron chi connectivity index (χ4n) is 3.54. The highest BCUT2D eigenvalue weighted by atomic mass is 15.8. The molecule has 18 heavy (non-hydrogen) atoms. The molecule has 3 rings (SSSR count). The van der Waals surface area contributed by atoms with Crippen LogP contribution in [0.25, 0.3) is 0 Å². The standard InChI is InChI=1S/C14H28N4/c1-16-10-12-17(13-11-16)8-5-9-18-14(15-18)6-3-2-4-7-14/h15H,2-13H2,1H3. The summed E-state index contributed by atoms with van der Waals surface area (Å²) >= 11 is 0. The van der Waals surface area contributed by atoms with Crippen molar-refractivity contribution in [3.63, 3.8) is 0 Å². The number of likely N-dealkylation sites (N-methyl/N-ethyl adjacent to an activating group) is 1. The van der Waals surface area contributed by atoms with E-state index < -0.39 is 0 Å². The molecule has 0 amide bonds. The zero-order chi connectivity index (χ0) is 12.4. The van der Waals surface area contributed by atoms with E-state index in [4.69, 9.17) is 0 Å². The third-order valence-electron chi connectivity index (χ3n) is 4.94. The van der Waals surface area contributed by atoms with Crippen LogP contribution in [0.5, 0.6) is 0 Å². The molecule has 2 saturated heterocycles. The Labute approximate surface area is 111 Å². The molecule has 2 heterocycles. The topological polar surface area (TPSA) is 31.4 Å². The minimum Gasteiger partial charge on any atom is -0.304 e. The summed E-state index contributed by atoms with van der Waals surface area (Å²) in [7, 11) is 2.23. The second-order valence-electron chi connectivity index (χ2n) is 6.35. The number of hydrogen-bond donors (Lipinski definition) is 1. The van der Waals surface area contributed by atoms with E-state index in [9.17, 15) is 0 Å². The van der Waals surface area contributed by atoms with Crippen LogP contribution in [0.1, 0.15) is 38.5 Å². The predicted octanol–water partition coefficient (Wildman–Crippen LogP) is 1.10. The number of hydrogen-bond acceptors (Lipinski definition) is 4. The van der Waals surface area contributed by atoms with Crippen LogP contribution >= 0.6 is 0 Å². The lowest BCUT2D eigenvalue weighted by Crippen LogP contribution is -2.45.